The summed E-state index contributed by atoms with van der Waals surface area (Å²) in [6.07, 6.45) is 0. The quantitative estimate of drug-likeness (QED) is 0.793. The van der Waals surface area contributed by atoms with Gasteiger partial charge in [0, 0.05) is 29.4 Å². The number of rotatable bonds is 6. The lowest BCUT2D eigenvalue weighted by molar-refractivity contribution is 0.267. The molecule has 0 unspecified atom stereocenters. The minimum atomic E-state index is 0.104. The van der Waals surface area contributed by atoms with E-state index in [0.717, 1.165) is 23.5 Å². The molecule has 4 nitrogen and oxygen atoms in total. The van der Waals surface area contributed by atoms with E-state index in [2.05, 4.69) is 17.0 Å². The van der Waals surface area contributed by atoms with Gasteiger partial charge in [0.25, 0.3) is 0 Å². The van der Waals surface area contributed by atoms with Gasteiger partial charge in [-0.05, 0) is 13.8 Å². The molecule has 0 bridgehead atoms. The summed E-state index contributed by atoms with van der Waals surface area (Å²) in [5.41, 5.74) is 3.23. The summed E-state index contributed by atoms with van der Waals surface area (Å²) in [6, 6.07) is 0. The fourth-order valence-electron chi connectivity index (χ4n) is 1.63. The maximum Gasteiger partial charge on any atom is 0.0644 e. The lowest BCUT2D eigenvalue weighted by Crippen LogP contribution is -2.15. The zero-order valence-corrected chi connectivity index (χ0v) is 10.5. The lowest BCUT2D eigenvalue weighted by Gasteiger charge is -2.05. The van der Waals surface area contributed by atoms with Crippen molar-refractivity contribution in [3.63, 3.8) is 0 Å². The smallest absolute Gasteiger partial charge is 0.0644 e. The van der Waals surface area contributed by atoms with Gasteiger partial charge in [-0.1, -0.05) is 18.2 Å². The van der Waals surface area contributed by atoms with Gasteiger partial charge >= 0.3 is 0 Å². The van der Waals surface area contributed by atoms with E-state index in [1.807, 2.05) is 18.5 Å². The third-order valence-electron chi connectivity index (χ3n) is 2.46. The van der Waals surface area contributed by atoms with E-state index < -0.39 is 0 Å². The van der Waals surface area contributed by atoms with Crippen molar-refractivity contribution in [3.05, 3.63) is 28.6 Å². The molecule has 1 aromatic rings. The molecule has 1 heterocycles. The standard InChI is InChI=1S/C11H18ClN3O/c1-8(12)6-13-7-11-9(2)14-15(4-5-16)10(11)3/h13,16H,1,4-7H2,2-3H3. The highest BCUT2D eigenvalue weighted by Crippen LogP contribution is 2.12. The highest BCUT2D eigenvalue weighted by molar-refractivity contribution is 6.29. The highest BCUT2D eigenvalue weighted by atomic mass is 35.5. The van der Waals surface area contributed by atoms with Crippen LogP contribution in [0.4, 0.5) is 0 Å². The van der Waals surface area contributed by atoms with Crippen LogP contribution in [-0.2, 0) is 13.1 Å². The molecular formula is C11H18ClN3O. The SMILES string of the molecule is C=C(Cl)CNCc1c(C)nn(CCO)c1C. The molecule has 0 amide bonds. The predicted octanol–water partition coefficient (Wildman–Crippen LogP) is 1.33. The normalized spacial score (nSPS) is 10.8. The number of nitrogens with zero attached hydrogens (tertiary/aromatic N) is 2. The van der Waals surface area contributed by atoms with Gasteiger partial charge in [-0.2, -0.15) is 5.10 Å². The van der Waals surface area contributed by atoms with Gasteiger partial charge < -0.3 is 10.4 Å². The Balaban J connectivity index is 2.68. The predicted molar refractivity (Wildman–Crippen MR) is 65.5 cm³/mol. The van der Waals surface area contributed by atoms with Crippen LogP contribution in [0.25, 0.3) is 0 Å². The van der Waals surface area contributed by atoms with E-state index in [9.17, 15) is 0 Å². The number of nitrogens with one attached hydrogen (secondary N) is 1. The van der Waals surface area contributed by atoms with Gasteiger partial charge in [-0.15, -0.1) is 0 Å². The molecule has 1 rings (SSSR count). The fourth-order valence-corrected chi connectivity index (χ4v) is 1.72. The van der Waals surface area contributed by atoms with E-state index in [4.69, 9.17) is 16.7 Å². The van der Waals surface area contributed by atoms with Gasteiger partial charge in [0.15, 0.2) is 0 Å². The Labute approximate surface area is 101 Å². The first-order valence-electron chi connectivity index (χ1n) is 5.24. The molecule has 2 N–H and O–H groups in total. The average molecular weight is 244 g/mol. The molecule has 0 fully saturated rings. The van der Waals surface area contributed by atoms with Crippen LogP contribution in [0.15, 0.2) is 11.6 Å². The van der Waals surface area contributed by atoms with Crippen molar-refractivity contribution in [1.82, 2.24) is 15.1 Å². The zero-order chi connectivity index (χ0) is 12.1. The molecule has 0 spiro atoms. The number of aromatic nitrogens is 2. The van der Waals surface area contributed by atoms with Gasteiger partial charge in [0.05, 0.1) is 18.8 Å². The number of aryl methyl sites for hydroxylation is 1. The molecule has 16 heavy (non-hydrogen) atoms. The molecule has 0 saturated carbocycles. The third-order valence-corrected chi connectivity index (χ3v) is 2.60. The van der Waals surface area contributed by atoms with Crippen LogP contribution in [0.3, 0.4) is 0 Å². The van der Waals surface area contributed by atoms with Crippen LogP contribution in [0, 0.1) is 13.8 Å². The van der Waals surface area contributed by atoms with Crippen LogP contribution < -0.4 is 5.32 Å². The summed E-state index contributed by atoms with van der Waals surface area (Å²) in [5.74, 6) is 0. The lowest BCUT2D eigenvalue weighted by atomic mass is 10.2. The Kier molecular flexibility index (Phi) is 4.99. The van der Waals surface area contributed by atoms with E-state index in [-0.39, 0.29) is 6.61 Å². The molecule has 0 atom stereocenters. The number of hydrogen-bond donors (Lipinski definition) is 2. The van der Waals surface area contributed by atoms with Crippen molar-refractivity contribution < 1.29 is 5.11 Å². The van der Waals surface area contributed by atoms with Gasteiger partial charge in [0.2, 0.25) is 0 Å². The van der Waals surface area contributed by atoms with E-state index in [1.54, 1.807) is 0 Å². The first kappa shape index (κ1) is 13.2. The second kappa shape index (κ2) is 6.03. The van der Waals surface area contributed by atoms with E-state index in [0.29, 0.717) is 18.1 Å². The maximum absolute atomic E-state index is 8.89. The molecule has 1 aromatic heterocycles. The minimum absolute atomic E-state index is 0.104. The Hall–Kier alpha value is -0.840. The summed E-state index contributed by atoms with van der Waals surface area (Å²) in [4.78, 5) is 0. The molecule has 90 valence electrons. The monoisotopic (exact) mass is 243 g/mol. The van der Waals surface area contributed by atoms with Crippen molar-refractivity contribution in [2.75, 3.05) is 13.2 Å². The summed E-state index contributed by atoms with van der Waals surface area (Å²) in [5, 5.41) is 17.0. The van der Waals surface area contributed by atoms with Crippen molar-refractivity contribution in [2.45, 2.75) is 26.9 Å². The molecule has 0 aromatic carbocycles. The summed E-state index contributed by atoms with van der Waals surface area (Å²) in [7, 11) is 0. The Morgan fingerprint density at radius 2 is 2.25 bits per heavy atom. The first-order chi connectivity index (χ1) is 7.56. The van der Waals surface area contributed by atoms with Crippen LogP contribution in [0.5, 0.6) is 0 Å². The van der Waals surface area contributed by atoms with Gasteiger partial charge in [-0.3, -0.25) is 4.68 Å². The Bertz CT molecular complexity index is 374. The minimum Gasteiger partial charge on any atom is -0.394 e. The highest BCUT2D eigenvalue weighted by Gasteiger charge is 2.10. The number of aliphatic hydroxyl groups is 1. The third kappa shape index (κ3) is 3.33. The van der Waals surface area contributed by atoms with Crippen LogP contribution in [0.1, 0.15) is 17.0 Å². The first-order valence-corrected chi connectivity index (χ1v) is 5.61. The van der Waals surface area contributed by atoms with E-state index in [1.165, 1.54) is 0 Å². The summed E-state index contributed by atoms with van der Waals surface area (Å²) >= 11 is 5.67. The second-order valence-corrected chi connectivity index (χ2v) is 4.25. The molecule has 0 saturated heterocycles. The number of hydrogen-bond acceptors (Lipinski definition) is 3. The largest absolute Gasteiger partial charge is 0.394 e. The van der Waals surface area contributed by atoms with Crippen LogP contribution in [0.2, 0.25) is 0 Å². The fraction of sp³-hybridized carbons (Fsp3) is 0.545. The van der Waals surface area contributed by atoms with Gasteiger partial charge in [0.1, 0.15) is 0 Å². The van der Waals surface area contributed by atoms with Crippen LogP contribution in [-0.4, -0.2) is 28.0 Å². The number of halogens is 1. The van der Waals surface area contributed by atoms with Crippen LogP contribution >= 0.6 is 11.6 Å². The molecule has 0 radical (unpaired) electrons. The average Bonchev–Trinajstić information content (AvgIpc) is 2.45. The van der Waals surface area contributed by atoms with Crippen molar-refractivity contribution >= 4 is 11.6 Å². The molecule has 0 aliphatic heterocycles. The summed E-state index contributed by atoms with van der Waals surface area (Å²) < 4.78 is 1.82. The van der Waals surface area contributed by atoms with Crippen molar-refractivity contribution in [2.24, 2.45) is 0 Å². The molecular weight excluding hydrogens is 226 g/mol. The van der Waals surface area contributed by atoms with Gasteiger partial charge in [-0.25, -0.2) is 0 Å². The molecule has 0 aliphatic carbocycles. The number of aliphatic hydroxyl groups excluding tert-OH is 1. The summed E-state index contributed by atoms with van der Waals surface area (Å²) in [6.45, 7) is 9.53. The zero-order valence-electron chi connectivity index (χ0n) is 9.76. The molecule has 0 aliphatic rings. The van der Waals surface area contributed by atoms with E-state index >= 15 is 0 Å². The van der Waals surface area contributed by atoms with Crippen molar-refractivity contribution in [1.29, 1.82) is 0 Å². The Morgan fingerprint density at radius 3 is 2.81 bits per heavy atom. The maximum atomic E-state index is 8.89. The Morgan fingerprint density at radius 1 is 1.56 bits per heavy atom. The second-order valence-electron chi connectivity index (χ2n) is 3.72. The van der Waals surface area contributed by atoms with Crippen molar-refractivity contribution in [3.8, 4) is 0 Å². The molecule has 5 heteroatoms. The topological polar surface area (TPSA) is 50.1 Å².